The second kappa shape index (κ2) is 16.9. The third-order valence-corrected chi connectivity index (χ3v) is 37.5. The van der Waals surface area contributed by atoms with Crippen LogP contribution in [0, 0.1) is 0 Å². The zero-order chi connectivity index (χ0) is 51.0. The van der Waals surface area contributed by atoms with Crippen molar-refractivity contribution in [3.8, 4) is 33.4 Å². The molecular formula is C54H43Cl2F12SiZr. The van der Waals surface area contributed by atoms with Crippen LogP contribution in [-0.4, -0.2) is 9.52 Å². The molecule has 0 saturated heterocycles. The van der Waals surface area contributed by atoms with Crippen LogP contribution in [0.15, 0.2) is 114 Å². The maximum absolute atomic E-state index is 14.5. The first-order valence-electron chi connectivity index (χ1n) is 22.5. The summed E-state index contributed by atoms with van der Waals surface area (Å²) in [7, 11) is 16.4. The average Bonchev–Trinajstić information content (AvgIpc) is 3.94. The van der Waals surface area contributed by atoms with E-state index in [9.17, 15) is 52.7 Å². The van der Waals surface area contributed by atoms with Crippen LogP contribution in [0.4, 0.5) is 52.7 Å². The van der Waals surface area contributed by atoms with Gasteiger partial charge in [-0.2, -0.15) is 0 Å². The fourth-order valence-electron chi connectivity index (χ4n) is 11.5. The van der Waals surface area contributed by atoms with E-state index in [1.165, 1.54) is 0 Å². The van der Waals surface area contributed by atoms with Gasteiger partial charge in [-0.3, -0.25) is 0 Å². The van der Waals surface area contributed by atoms with E-state index in [1.807, 2.05) is 42.5 Å². The number of alkyl halides is 12. The van der Waals surface area contributed by atoms with Gasteiger partial charge in [0.25, 0.3) is 0 Å². The van der Waals surface area contributed by atoms with Crippen LogP contribution in [-0.2, 0) is 41.1 Å². The van der Waals surface area contributed by atoms with Crippen molar-refractivity contribution in [2.75, 3.05) is 0 Å². The summed E-state index contributed by atoms with van der Waals surface area (Å²) < 4.78 is 173. The SMILES string of the molecule is CC1=Cc2c(ccc(C(C)C)c2-c2cc(C(F)(F)F)cc(C(F)(F)F)c2)[CH]1[Zr]([Cl])([Cl])([c]1cccc2c1[SiH2]c1ccccc1-2)[CH]1C(C)=Cc2c1ccc(C(C)C)c2-c1cc(C(F)(F)F)cc(C(F)(F)F)c1. The molecule has 70 heavy (non-hydrogen) atoms. The molecule has 1 aliphatic heterocycles. The van der Waals surface area contributed by atoms with Gasteiger partial charge >= 0.3 is 410 Å². The monoisotopic (exact) mass is 1110 g/mol. The van der Waals surface area contributed by atoms with E-state index in [0.29, 0.717) is 47.8 Å². The molecule has 0 aromatic heterocycles. The number of hydrogen-bond donors (Lipinski definition) is 0. The molecule has 2 unspecified atom stereocenters. The normalized spacial score (nSPS) is 17.9. The van der Waals surface area contributed by atoms with Crippen molar-refractivity contribution in [1.82, 2.24) is 0 Å². The number of halogens is 14. The molecule has 0 bridgehead atoms. The van der Waals surface area contributed by atoms with E-state index in [2.05, 4.69) is 0 Å². The summed E-state index contributed by atoms with van der Waals surface area (Å²) in [6, 6.07) is 23.7. The number of allylic oxidation sites excluding steroid dienone is 2. The zero-order valence-electron chi connectivity index (χ0n) is 38.3. The van der Waals surface area contributed by atoms with Gasteiger partial charge in [-0.05, 0) is 0 Å². The molecule has 0 spiro atoms. The van der Waals surface area contributed by atoms with E-state index in [4.69, 9.17) is 17.0 Å². The molecule has 1 heterocycles. The molecule has 0 fully saturated rings. The number of benzene rings is 6. The Morgan fingerprint density at radius 3 is 1.26 bits per heavy atom. The van der Waals surface area contributed by atoms with Crippen LogP contribution in [0.25, 0.3) is 45.5 Å². The summed E-state index contributed by atoms with van der Waals surface area (Å²) in [6.07, 6.45) is -17.0. The van der Waals surface area contributed by atoms with Crippen LogP contribution >= 0.6 is 17.0 Å². The van der Waals surface area contributed by atoms with Crippen LogP contribution in [0.1, 0.15) is 116 Å². The van der Waals surface area contributed by atoms with Crippen LogP contribution < -0.4 is 13.6 Å². The second-order valence-electron chi connectivity index (χ2n) is 19.4. The van der Waals surface area contributed by atoms with E-state index in [1.54, 1.807) is 78.0 Å². The first-order chi connectivity index (χ1) is 32.4. The van der Waals surface area contributed by atoms with Gasteiger partial charge in [0, 0.05) is 0 Å². The van der Waals surface area contributed by atoms with Gasteiger partial charge in [0.05, 0.1) is 0 Å². The maximum atomic E-state index is 14.5. The van der Waals surface area contributed by atoms with Crippen molar-refractivity contribution < 1.29 is 69.1 Å². The molecule has 3 aliphatic rings. The van der Waals surface area contributed by atoms with Gasteiger partial charge in [-0.1, -0.05) is 0 Å². The number of rotatable bonds is 7. The Hall–Kier alpha value is -4.36. The van der Waals surface area contributed by atoms with Crippen molar-refractivity contribution in [2.24, 2.45) is 0 Å². The van der Waals surface area contributed by atoms with Crippen molar-refractivity contribution in [3.05, 3.63) is 170 Å². The Morgan fingerprint density at radius 1 is 0.486 bits per heavy atom. The molecule has 0 saturated carbocycles. The second-order valence-corrected chi connectivity index (χ2v) is 41.9. The summed E-state index contributed by atoms with van der Waals surface area (Å²) in [5, 5.41) is 2.08. The van der Waals surface area contributed by atoms with Crippen LogP contribution in [0.2, 0.25) is 0 Å². The molecule has 9 rings (SSSR count). The van der Waals surface area contributed by atoms with Gasteiger partial charge in [-0.25, -0.2) is 0 Å². The average molecular weight is 1110 g/mol. The minimum absolute atomic E-state index is 0.0897. The number of fused-ring (bicyclic) bond motifs is 5. The summed E-state index contributed by atoms with van der Waals surface area (Å²) in [5.74, 6) is -0.774. The van der Waals surface area contributed by atoms with Gasteiger partial charge in [-0.15, -0.1) is 0 Å². The Kier molecular flexibility index (Phi) is 12.2. The summed E-state index contributed by atoms with van der Waals surface area (Å²) in [6.45, 7) is 10.7. The Labute approximate surface area is 407 Å². The van der Waals surface area contributed by atoms with Crippen LogP contribution in [0.3, 0.4) is 0 Å². The molecule has 16 heteroatoms. The molecule has 2 atom stereocenters. The molecule has 365 valence electrons. The third kappa shape index (κ3) is 8.19. The molecule has 2 aliphatic carbocycles. The fraction of sp³-hybridized carbons (Fsp3) is 0.259. The molecule has 0 radical (unpaired) electrons. The zero-order valence-corrected chi connectivity index (χ0v) is 43.7. The molecule has 0 N–H and O–H groups in total. The van der Waals surface area contributed by atoms with E-state index >= 15 is 0 Å². The molecule has 0 nitrogen and oxygen atoms in total. The van der Waals surface area contributed by atoms with Gasteiger partial charge < -0.3 is 0 Å². The standard InChI is InChI=1S/2C21H17F6.C12H9Si.2ClH.Zr/c2*1-11(2)17-5-4-13-6-12(3)7-18(13)19(17)14-8-15(20(22,23)24)10-16(9-14)21(25,26)27;1-3-7-11-9(5-1)10-6-2-4-8-12(10)13-11;;;/h2*4-11H,1-3H3;1-7H,13H2;2*1H;/q;;;;;+2/p-2. The summed E-state index contributed by atoms with van der Waals surface area (Å²) in [5.41, 5.74) is -0.462. The fourth-order valence-corrected chi connectivity index (χ4v) is 40.3. The Bertz CT molecular complexity index is 3000. The van der Waals surface area contributed by atoms with Gasteiger partial charge in [0.15, 0.2) is 0 Å². The minimum atomic E-state index is -6.45. The molecular weight excluding hydrogens is 1070 g/mol. The predicted octanol–water partition coefficient (Wildman–Crippen LogP) is 16.4. The molecule has 6 aromatic carbocycles. The topological polar surface area (TPSA) is 0 Å². The van der Waals surface area contributed by atoms with Crippen molar-refractivity contribution in [3.63, 3.8) is 0 Å². The van der Waals surface area contributed by atoms with E-state index in [-0.39, 0.29) is 46.2 Å². The number of hydrogen-bond acceptors (Lipinski definition) is 0. The van der Waals surface area contributed by atoms with Gasteiger partial charge in [0.1, 0.15) is 0 Å². The first kappa shape index (κ1) is 50.6. The quantitative estimate of drug-likeness (QED) is 0.110. The van der Waals surface area contributed by atoms with Crippen molar-refractivity contribution in [1.29, 1.82) is 0 Å². The molecule has 0 amide bonds. The van der Waals surface area contributed by atoms with E-state index in [0.717, 1.165) is 45.8 Å². The van der Waals surface area contributed by atoms with Crippen LogP contribution in [0.5, 0.6) is 0 Å². The Morgan fingerprint density at radius 2 is 0.871 bits per heavy atom. The molecule has 6 aromatic rings. The van der Waals surface area contributed by atoms with Crippen molar-refractivity contribution >= 4 is 52.3 Å². The van der Waals surface area contributed by atoms with Crippen molar-refractivity contribution in [2.45, 2.75) is 85.3 Å². The van der Waals surface area contributed by atoms with E-state index < -0.39 is 80.1 Å². The predicted molar refractivity (Wildman–Crippen MR) is 256 cm³/mol. The van der Waals surface area contributed by atoms with Gasteiger partial charge in [0.2, 0.25) is 0 Å². The summed E-state index contributed by atoms with van der Waals surface area (Å²) >= 11 is -6.45. The Balaban J connectivity index is 1.37. The third-order valence-electron chi connectivity index (χ3n) is 14.3. The first-order valence-corrected chi connectivity index (χ1v) is 34.3. The summed E-state index contributed by atoms with van der Waals surface area (Å²) in [4.78, 5) is 0.